The van der Waals surface area contributed by atoms with Gasteiger partial charge < -0.3 is 9.64 Å². The summed E-state index contributed by atoms with van der Waals surface area (Å²) in [4.78, 5) is 15.1. The molecule has 108 valence electrons. The molecule has 4 nitrogen and oxygen atoms in total. The summed E-state index contributed by atoms with van der Waals surface area (Å²) in [6, 6.07) is 0. The average Bonchev–Trinajstić information content (AvgIpc) is 2.92. The highest BCUT2D eigenvalue weighted by atomic mass is 16.5. The van der Waals surface area contributed by atoms with Crippen LogP contribution in [0.4, 0.5) is 0 Å². The summed E-state index contributed by atoms with van der Waals surface area (Å²) in [6.07, 6.45) is 6.27. The Morgan fingerprint density at radius 3 is 2.42 bits per heavy atom. The summed E-state index contributed by atoms with van der Waals surface area (Å²) in [6.45, 7) is 6.80. The number of ether oxygens (including phenoxy) is 1. The van der Waals surface area contributed by atoms with E-state index in [1.807, 2.05) is 0 Å². The van der Waals surface area contributed by atoms with Gasteiger partial charge >= 0.3 is 0 Å². The molecule has 3 rings (SSSR count). The van der Waals surface area contributed by atoms with Gasteiger partial charge in [0.25, 0.3) is 0 Å². The summed E-state index contributed by atoms with van der Waals surface area (Å²) < 4.78 is 5.52. The number of nitrogens with zero attached hydrogens (tertiary/aromatic N) is 1. The van der Waals surface area contributed by atoms with Crippen molar-refractivity contribution >= 4 is 5.91 Å². The predicted molar refractivity (Wildman–Crippen MR) is 73.7 cm³/mol. The molecule has 2 aliphatic heterocycles. The Kier molecular flexibility index (Phi) is 3.34. The number of carbonyl (C=O) groups is 1. The minimum Gasteiger partial charge on any atom is -0.381 e. The number of nitrogens with one attached hydrogen (secondary N) is 1. The first-order chi connectivity index (χ1) is 9.08. The topological polar surface area (TPSA) is 41.6 Å². The first kappa shape index (κ1) is 13.4. The van der Waals surface area contributed by atoms with E-state index in [0.717, 1.165) is 45.4 Å². The Morgan fingerprint density at radius 2 is 1.84 bits per heavy atom. The molecule has 4 heteroatoms. The molecule has 0 atom stereocenters. The van der Waals surface area contributed by atoms with Crippen molar-refractivity contribution in [1.29, 1.82) is 0 Å². The van der Waals surface area contributed by atoms with Gasteiger partial charge in [0.05, 0.1) is 24.4 Å². The summed E-state index contributed by atoms with van der Waals surface area (Å²) >= 11 is 0. The normalized spacial score (nSPS) is 29.0. The zero-order valence-electron chi connectivity index (χ0n) is 12.2. The monoisotopic (exact) mass is 266 g/mol. The number of amides is 1. The van der Waals surface area contributed by atoms with Gasteiger partial charge in [-0.05, 0) is 18.8 Å². The van der Waals surface area contributed by atoms with Gasteiger partial charge in [0.15, 0.2) is 0 Å². The number of hydrogen-bond acceptors (Lipinski definition) is 3. The lowest BCUT2D eigenvalue weighted by Gasteiger charge is -2.42. The summed E-state index contributed by atoms with van der Waals surface area (Å²) in [5.74, 6) is 0.877. The molecule has 0 unspecified atom stereocenters. The van der Waals surface area contributed by atoms with Gasteiger partial charge in [0, 0.05) is 19.4 Å². The van der Waals surface area contributed by atoms with Crippen LogP contribution in [0.2, 0.25) is 0 Å². The maximum atomic E-state index is 13.0. The Morgan fingerprint density at radius 1 is 1.21 bits per heavy atom. The fourth-order valence-corrected chi connectivity index (χ4v) is 4.06. The van der Waals surface area contributed by atoms with E-state index in [4.69, 9.17) is 4.74 Å². The third kappa shape index (κ3) is 2.09. The second kappa shape index (κ2) is 4.74. The smallest absolute Gasteiger partial charge is 0.244 e. The summed E-state index contributed by atoms with van der Waals surface area (Å²) in [5.41, 5.74) is -0.365. The third-order valence-electron chi connectivity index (χ3n) is 4.97. The number of hydrogen-bond donors (Lipinski definition) is 1. The Hall–Kier alpha value is -0.610. The van der Waals surface area contributed by atoms with Crippen LogP contribution >= 0.6 is 0 Å². The molecular formula is C15H26N2O2. The van der Waals surface area contributed by atoms with Crippen LogP contribution in [0.25, 0.3) is 0 Å². The van der Waals surface area contributed by atoms with Crippen LogP contribution in [0.1, 0.15) is 52.4 Å². The van der Waals surface area contributed by atoms with Gasteiger partial charge in [-0.15, -0.1) is 0 Å². The van der Waals surface area contributed by atoms with Gasteiger partial charge in [-0.1, -0.05) is 26.7 Å². The van der Waals surface area contributed by atoms with Crippen molar-refractivity contribution in [2.75, 3.05) is 19.8 Å². The standard InChI is InChI=1S/C15H26N2O2/c1-12(2)11-17-13(18)14(5-3-4-6-14)16-15(17)7-9-19-10-8-15/h12,16H,3-11H2,1-2H3. The van der Waals surface area contributed by atoms with Crippen molar-refractivity contribution < 1.29 is 9.53 Å². The maximum Gasteiger partial charge on any atom is 0.244 e. The SMILES string of the molecule is CC(C)CN1C(=O)C2(CCCC2)NC12CCOCC2. The minimum atomic E-state index is -0.244. The van der Waals surface area contributed by atoms with Gasteiger partial charge in [0.2, 0.25) is 5.91 Å². The van der Waals surface area contributed by atoms with Gasteiger partial charge in [-0.25, -0.2) is 0 Å². The van der Waals surface area contributed by atoms with Gasteiger partial charge in [-0.3, -0.25) is 10.1 Å². The lowest BCUT2D eigenvalue weighted by molar-refractivity contribution is -0.137. The van der Waals surface area contributed by atoms with Crippen LogP contribution in [0.3, 0.4) is 0 Å². The second-order valence-electron chi connectivity index (χ2n) is 6.87. The lowest BCUT2D eigenvalue weighted by Crippen LogP contribution is -2.57. The van der Waals surface area contributed by atoms with E-state index in [-0.39, 0.29) is 11.2 Å². The van der Waals surface area contributed by atoms with Gasteiger partial charge in [-0.2, -0.15) is 0 Å². The predicted octanol–water partition coefficient (Wildman–Crippen LogP) is 1.89. The highest BCUT2D eigenvalue weighted by molar-refractivity contribution is 5.90. The molecule has 0 bridgehead atoms. The van der Waals surface area contributed by atoms with E-state index in [0.29, 0.717) is 11.8 Å². The van der Waals surface area contributed by atoms with Crippen LogP contribution in [0, 0.1) is 5.92 Å². The van der Waals surface area contributed by atoms with Crippen LogP contribution in [0.15, 0.2) is 0 Å². The third-order valence-corrected chi connectivity index (χ3v) is 4.97. The molecule has 0 aromatic carbocycles. The molecule has 1 amide bonds. The molecule has 19 heavy (non-hydrogen) atoms. The van der Waals surface area contributed by atoms with Crippen molar-refractivity contribution in [2.24, 2.45) is 5.92 Å². The van der Waals surface area contributed by atoms with Crippen molar-refractivity contribution in [3.63, 3.8) is 0 Å². The molecule has 2 heterocycles. The van der Waals surface area contributed by atoms with E-state index in [1.54, 1.807) is 0 Å². The van der Waals surface area contributed by atoms with Crippen LogP contribution in [-0.2, 0) is 9.53 Å². The molecular weight excluding hydrogens is 240 g/mol. The molecule has 2 saturated heterocycles. The molecule has 1 N–H and O–H groups in total. The molecule has 3 fully saturated rings. The van der Waals surface area contributed by atoms with Crippen LogP contribution < -0.4 is 5.32 Å². The molecule has 3 aliphatic rings. The molecule has 1 saturated carbocycles. The summed E-state index contributed by atoms with van der Waals surface area (Å²) in [5, 5.41) is 3.78. The largest absolute Gasteiger partial charge is 0.381 e. The highest BCUT2D eigenvalue weighted by Crippen LogP contribution is 2.43. The van der Waals surface area contributed by atoms with Crippen molar-refractivity contribution in [3.05, 3.63) is 0 Å². The first-order valence-electron chi connectivity index (χ1n) is 7.77. The first-order valence-corrected chi connectivity index (χ1v) is 7.77. The number of carbonyl (C=O) groups excluding carboxylic acids is 1. The van der Waals surface area contributed by atoms with E-state index in [9.17, 15) is 4.79 Å². The molecule has 0 aromatic rings. The Labute approximate surface area is 115 Å². The highest BCUT2D eigenvalue weighted by Gasteiger charge is 2.59. The quantitative estimate of drug-likeness (QED) is 0.830. The fraction of sp³-hybridized carbons (Fsp3) is 0.933. The van der Waals surface area contributed by atoms with Crippen molar-refractivity contribution in [3.8, 4) is 0 Å². The Balaban J connectivity index is 1.90. The van der Waals surface area contributed by atoms with Crippen LogP contribution in [0.5, 0.6) is 0 Å². The molecule has 1 aliphatic carbocycles. The van der Waals surface area contributed by atoms with E-state index < -0.39 is 0 Å². The molecule has 0 radical (unpaired) electrons. The minimum absolute atomic E-state index is 0.121. The van der Waals surface area contributed by atoms with Crippen LogP contribution in [-0.4, -0.2) is 41.8 Å². The van der Waals surface area contributed by atoms with E-state index >= 15 is 0 Å². The maximum absolute atomic E-state index is 13.0. The fourth-order valence-electron chi connectivity index (χ4n) is 4.06. The summed E-state index contributed by atoms with van der Waals surface area (Å²) in [7, 11) is 0. The second-order valence-corrected chi connectivity index (χ2v) is 6.87. The van der Waals surface area contributed by atoms with E-state index in [1.165, 1.54) is 12.8 Å². The molecule has 2 spiro atoms. The molecule has 0 aromatic heterocycles. The lowest BCUT2D eigenvalue weighted by atomic mass is 9.96. The zero-order chi connectivity index (χ0) is 13.5. The van der Waals surface area contributed by atoms with Crippen molar-refractivity contribution in [2.45, 2.75) is 63.6 Å². The van der Waals surface area contributed by atoms with Gasteiger partial charge in [0.1, 0.15) is 0 Å². The van der Waals surface area contributed by atoms with E-state index in [2.05, 4.69) is 24.1 Å². The number of rotatable bonds is 2. The Bertz CT molecular complexity index is 355. The average molecular weight is 266 g/mol. The van der Waals surface area contributed by atoms with Crippen molar-refractivity contribution in [1.82, 2.24) is 10.2 Å². The zero-order valence-corrected chi connectivity index (χ0v) is 12.2.